The van der Waals surface area contributed by atoms with E-state index in [0.717, 1.165) is 16.8 Å². The molecule has 0 unspecified atom stereocenters. The molecule has 0 atom stereocenters. The standard InChI is InChI=1S/C15H13N3O2/c1-11-8-14(5-4-13(11)9-16)17-10-12-2-6-15(7-3-12)18(19)20/h2-8,17H,10H2,1H3. The second-order valence-corrected chi connectivity index (χ2v) is 4.42. The Morgan fingerprint density at radius 3 is 2.50 bits per heavy atom. The number of non-ortho nitro benzene ring substituents is 1. The van der Waals surface area contributed by atoms with Crippen LogP contribution in [0.4, 0.5) is 11.4 Å². The lowest BCUT2D eigenvalue weighted by Crippen LogP contribution is -2.00. The van der Waals surface area contributed by atoms with Crippen LogP contribution in [-0.2, 0) is 6.54 Å². The molecule has 0 aliphatic carbocycles. The van der Waals surface area contributed by atoms with Gasteiger partial charge in [0.1, 0.15) is 0 Å². The van der Waals surface area contributed by atoms with Gasteiger partial charge < -0.3 is 5.32 Å². The van der Waals surface area contributed by atoms with E-state index in [1.165, 1.54) is 12.1 Å². The van der Waals surface area contributed by atoms with Crippen LogP contribution in [0.25, 0.3) is 0 Å². The molecular weight excluding hydrogens is 254 g/mol. The van der Waals surface area contributed by atoms with Gasteiger partial charge in [0.25, 0.3) is 5.69 Å². The van der Waals surface area contributed by atoms with E-state index >= 15 is 0 Å². The Morgan fingerprint density at radius 2 is 1.95 bits per heavy atom. The number of nitro benzene ring substituents is 1. The highest BCUT2D eigenvalue weighted by atomic mass is 16.6. The van der Waals surface area contributed by atoms with Gasteiger partial charge >= 0.3 is 0 Å². The lowest BCUT2D eigenvalue weighted by atomic mass is 10.1. The molecule has 0 bridgehead atoms. The summed E-state index contributed by atoms with van der Waals surface area (Å²) in [4.78, 5) is 10.1. The van der Waals surface area contributed by atoms with Crippen molar-refractivity contribution in [2.75, 3.05) is 5.32 Å². The molecule has 0 amide bonds. The van der Waals surface area contributed by atoms with Gasteiger partial charge in [-0.25, -0.2) is 0 Å². The van der Waals surface area contributed by atoms with Crippen molar-refractivity contribution in [3.8, 4) is 6.07 Å². The number of nitrogens with one attached hydrogen (secondary N) is 1. The van der Waals surface area contributed by atoms with Gasteiger partial charge in [0.2, 0.25) is 0 Å². The molecule has 5 heteroatoms. The van der Waals surface area contributed by atoms with E-state index in [0.29, 0.717) is 12.1 Å². The first-order valence-electron chi connectivity index (χ1n) is 6.08. The molecule has 0 aliphatic rings. The van der Waals surface area contributed by atoms with Gasteiger partial charge in [-0.15, -0.1) is 0 Å². The number of nitriles is 1. The van der Waals surface area contributed by atoms with Crippen molar-refractivity contribution in [1.29, 1.82) is 5.26 Å². The number of benzene rings is 2. The summed E-state index contributed by atoms with van der Waals surface area (Å²) in [6.45, 7) is 2.46. The highest BCUT2D eigenvalue weighted by Gasteiger charge is 2.04. The third kappa shape index (κ3) is 3.12. The van der Waals surface area contributed by atoms with Crippen molar-refractivity contribution in [2.24, 2.45) is 0 Å². The average molecular weight is 267 g/mol. The van der Waals surface area contributed by atoms with Crippen molar-refractivity contribution < 1.29 is 4.92 Å². The molecule has 0 aliphatic heterocycles. The first-order chi connectivity index (χ1) is 9.60. The zero-order valence-electron chi connectivity index (χ0n) is 11.0. The van der Waals surface area contributed by atoms with E-state index in [-0.39, 0.29) is 5.69 Å². The Hall–Kier alpha value is -2.87. The van der Waals surface area contributed by atoms with Crippen LogP contribution in [0.5, 0.6) is 0 Å². The van der Waals surface area contributed by atoms with Crippen LogP contribution >= 0.6 is 0 Å². The predicted octanol–water partition coefficient (Wildman–Crippen LogP) is 3.39. The van der Waals surface area contributed by atoms with Crippen molar-refractivity contribution >= 4 is 11.4 Å². The zero-order valence-corrected chi connectivity index (χ0v) is 11.0. The van der Waals surface area contributed by atoms with Crippen LogP contribution in [0.15, 0.2) is 42.5 Å². The number of nitrogens with zero attached hydrogens (tertiary/aromatic N) is 2. The Bertz CT molecular complexity index is 673. The van der Waals surface area contributed by atoms with Gasteiger partial charge in [0.05, 0.1) is 16.6 Å². The first kappa shape index (κ1) is 13.6. The average Bonchev–Trinajstić information content (AvgIpc) is 2.45. The van der Waals surface area contributed by atoms with Crippen molar-refractivity contribution in [1.82, 2.24) is 0 Å². The molecule has 0 radical (unpaired) electrons. The first-order valence-corrected chi connectivity index (χ1v) is 6.08. The second-order valence-electron chi connectivity index (χ2n) is 4.42. The van der Waals surface area contributed by atoms with E-state index in [9.17, 15) is 10.1 Å². The fourth-order valence-corrected chi connectivity index (χ4v) is 1.84. The predicted molar refractivity (Wildman–Crippen MR) is 76.3 cm³/mol. The van der Waals surface area contributed by atoms with Gasteiger partial charge in [-0.3, -0.25) is 10.1 Å². The maximum Gasteiger partial charge on any atom is 0.269 e. The fourth-order valence-electron chi connectivity index (χ4n) is 1.84. The van der Waals surface area contributed by atoms with Crippen LogP contribution in [0, 0.1) is 28.4 Å². The van der Waals surface area contributed by atoms with Crippen LogP contribution in [0.1, 0.15) is 16.7 Å². The molecule has 2 rings (SSSR count). The minimum Gasteiger partial charge on any atom is -0.381 e. The molecule has 0 fully saturated rings. The smallest absolute Gasteiger partial charge is 0.269 e. The summed E-state index contributed by atoms with van der Waals surface area (Å²) >= 11 is 0. The molecule has 100 valence electrons. The summed E-state index contributed by atoms with van der Waals surface area (Å²) in [5.41, 5.74) is 3.53. The molecule has 2 aromatic rings. The normalized spacial score (nSPS) is 9.80. The maximum absolute atomic E-state index is 10.6. The summed E-state index contributed by atoms with van der Waals surface area (Å²) in [5, 5.41) is 22.6. The lowest BCUT2D eigenvalue weighted by Gasteiger charge is -2.08. The minimum atomic E-state index is -0.415. The summed E-state index contributed by atoms with van der Waals surface area (Å²) in [5.74, 6) is 0. The highest BCUT2D eigenvalue weighted by Crippen LogP contribution is 2.16. The number of rotatable bonds is 4. The van der Waals surface area contributed by atoms with E-state index in [1.807, 2.05) is 19.1 Å². The second kappa shape index (κ2) is 5.85. The summed E-state index contributed by atoms with van der Waals surface area (Å²) in [6, 6.07) is 14.1. The number of aryl methyl sites for hydroxylation is 1. The van der Waals surface area contributed by atoms with Crippen LogP contribution < -0.4 is 5.32 Å². The molecule has 5 nitrogen and oxygen atoms in total. The van der Waals surface area contributed by atoms with Crippen LogP contribution in [0.3, 0.4) is 0 Å². The van der Waals surface area contributed by atoms with E-state index < -0.39 is 4.92 Å². The van der Waals surface area contributed by atoms with E-state index in [4.69, 9.17) is 5.26 Å². The van der Waals surface area contributed by atoms with Gasteiger partial charge in [-0.05, 0) is 36.2 Å². The molecule has 0 saturated heterocycles. The third-order valence-electron chi connectivity index (χ3n) is 2.99. The largest absolute Gasteiger partial charge is 0.381 e. The van der Waals surface area contributed by atoms with E-state index in [2.05, 4.69) is 11.4 Å². The zero-order chi connectivity index (χ0) is 14.5. The molecule has 0 saturated carbocycles. The highest BCUT2D eigenvalue weighted by molar-refractivity contribution is 5.52. The minimum absolute atomic E-state index is 0.0861. The van der Waals surface area contributed by atoms with E-state index in [1.54, 1.807) is 18.2 Å². The quantitative estimate of drug-likeness (QED) is 0.680. The topological polar surface area (TPSA) is 79.0 Å². The Morgan fingerprint density at radius 1 is 1.25 bits per heavy atom. The Labute approximate surface area is 116 Å². The fraction of sp³-hybridized carbons (Fsp3) is 0.133. The molecule has 2 aromatic carbocycles. The van der Waals surface area contributed by atoms with Crippen molar-refractivity contribution in [3.05, 3.63) is 69.3 Å². The number of hydrogen-bond acceptors (Lipinski definition) is 4. The van der Waals surface area contributed by atoms with Gasteiger partial charge in [0.15, 0.2) is 0 Å². The molecule has 1 N–H and O–H groups in total. The molecule has 0 aromatic heterocycles. The SMILES string of the molecule is Cc1cc(NCc2ccc([N+](=O)[O-])cc2)ccc1C#N. The van der Waals surface area contributed by atoms with Gasteiger partial charge in [0, 0.05) is 24.4 Å². The summed E-state index contributed by atoms with van der Waals surface area (Å²) in [7, 11) is 0. The Kier molecular flexibility index (Phi) is 3.96. The van der Waals surface area contributed by atoms with Crippen molar-refractivity contribution in [3.63, 3.8) is 0 Å². The lowest BCUT2D eigenvalue weighted by molar-refractivity contribution is -0.384. The molecule has 0 spiro atoms. The number of hydrogen-bond donors (Lipinski definition) is 1. The van der Waals surface area contributed by atoms with Crippen LogP contribution in [-0.4, -0.2) is 4.92 Å². The summed E-state index contributed by atoms with van der Waals surface area (Å²) < 4.78 is 0. The molecule has 0 heterocycles. The van der Waals surface area contributed by atoms with Gasteiger partial charge in [-0.2, -0.15) is 5.26 Å². The maximum atomic E-state index is 10.6. The van der Waals surface area contributed by atoms with Crippen molar-refractivity contribution in [2.45, 2.75) is 13.5 Å². The third-order valence-corrected chi connectivity index (χ3v) is 2.99. The number of nitro groups is 1. The number of anilines is 1. The molecular formula is C15H13N3O2. The Balaban J connectivity index is 2.03. The van der Waals surface area contributed by atoms with Gasteiger partial charge in [-0.1, -0.05) is 12.1 Å². The van der Waals surface area contributed by atoms with Crippen LogP contribution in [0.2, 0.25) is 0 Å². The summed E-state index contributed by atoms with van der Waals surface area (Å²) in [6.07, 6.45) is 0. The monoisotopic (exact) mass is 267 g/mol. The molecule has 20 heavy (non-hydrogen) atoms.